The number of nitrogens with zero attached hydrogens (tertiary/aromatic N) is 1. The molecule has 18 heavy (non-hydrogen) atoms. The van der Waals surface area contributed by atoms with Crippen molar-refractivity contribution in [1.29, 1.82) is 0 Å². The standard InChI is InChI=1S/C14H20N2O2/c1-11(2)16(13-8-15-9-13)14(17)18-10-12-6-4-3-5-7-12/h3-7,11,13,15H,8-10H2,1-2H3. The smallest absolute Gasteiger partial charge is 0.410 e. The number of rotatable bonds is 4. The van der Waals surface area contributed by atoms with Gasteiger partial charge in [-0.2, -0.15) is 0 Å². The van der Waals surface area contributed by atoms with Gasteiger partial charge in [-0.15, -0.1) is 0 Å². The van der Waals surface area contributed by atoms with Crippen LogP contribution in [0.25, 0.3) is 0 Å². The van der Waals surface area contributed by atoms with Gasteiger partial charge in [-0.05, 0) is 19.4 Å². The minimum absolute atomic E-state index is 0.167. The molecule has 0 radical (unpaired) electrons. The highest BCUT2D eigenvalue weighted by Gasteiger charge is 2.31. The van der Waals surface area contributed by atoms with Crippen molar-refractivity contribution >= 4 is 6.09 Å². The number of hydrogen-bond acceptors (Lipinski definition) is 3. The van der Waals surface area contributed by atoms with Gasteiger partial charge < -0.3 is 15.0 Å². The van der Waals surface area contributed by atoms with Gasteiger partial charge in [-0.3, -0.25) is 0 Å². The summed E-state index contributed by atoms with van der Waals surface area (Å²) in [6.07, 6.45) is -0.222. The topological polar surface area (TPSA) is 41.6 Å². The van der Waals surface area contributed by atoms with E-state index in [0.29, 0.717) is 6.61 Å². The molecule has 2 rings (SSSR count). The van der Waals surface area contributed by atoms with E-state index >= 15 is 0 Å². The van der Waals surface area contributed by atoms with E-state index in [4.69, 9.17) is 4.74 Å². The lowest BCUT2D eigenvalue weighted by Crippen LogP contribution is -2.60. The summed E-state index contributed by atoms with van der Waals surface area (Å²) in [6, 6.07) is 10.2. The molecule has 1 N–H and O–H groups in total. The van der Waals surface area contributed by atoms with Crippen LogP contribution in [0.2, 0.25) is 0 Å². The fourth-order valence-corrected chi connectivity index (χ4v) is 2.05. The second-order valence-corrected chi connectivity index (χ2v) is 4.85. The number of carbonyl (C=O) groups is 1. The van der Waals surface area contributed by atoms with E-state index in [1.54, 1.807) is 0 Å². The van der Waals surface area contributed by atoms with Crippen molar-refractivity contribution in [2.45, 2.75) is 32.5 Å². The first-order chi connectivity index (χ1) is 8.68. The van der Waals surface area contributed by atoms with E-state index in [9.17, 15) is 4.79 Å². The lowest BCUT2D eigenvalue weighted by molar-refractivity contribution is 0.0545. The Morgan fingerprint density at radius 1 is 1.39 bits per heavy atom. The van der Waals surface area contributed by atoms with E-state index in [1.165, 1.54) is 0 Å². The molecule has 4 nitrogen and oxygen atoms in total. The molecule has 98 valence electrons. The number of nitrogens with one attached hydrogen (secondary N) is 1. The molecule has 4 heteroatoms. The number of ether oxygens (including phenoxy) is 1. The first-order valence-electron chi connectivity index (χ1n) is 6.38. The second-order valence-electron chi connectivity index (χ2n) is 4.85. The molecule has 1 aromatic carbocycles. The van der Waals surface area contributed by atoms with Crippen LogP contribution in [0.1, 0.15) is 19.4 Å². The average molecular weight is 248 g/mol. The monoisotopic (exact) mass is 248 g/mol. The van der Waals surface area contributed by atoms with Crippen molar-refractivity contribution in [3.8, 4) is 0 Å². The molecule has 1 aromatic rings. The third-order valence-corrected chi connectivity index (χ3v) is 3.13. The fourth-order valence-electron chi connectivity index (χ4n) is 2.05. The Morgan fingerprint density at radius 3 is 2.56 bits per heavy atom. The third-order valence-electron chi connectivity index (χ3n) is 3.13. The summed E-state index contributed by atoms with van der Waals surface area (Å²) in [4.78, 5) is 13.9. The average Bonchev–Trinajstić information content (AvgIpc) is 2.31. The van der Waals surface area contributed by atoms with Crippen LogP contribution in [-0.2, 0) is 11.3 Å². The van der Waals surface area contributed by atoms with Crippen LogP contribution in [-0.4, -0.2) is 36.2 Å². The highest BCUT2D eigenvalue weighted by molar-refractivity contribution is 5.68. The second kappa shape index (κ2) is 5.87. The van der Waals surface area contributed by atoms with Crippen molar-refractivity contribution < 1.29 is 9.53 Å². The summed E-state index contributed by atoms with van der Waals surface area (Å²) in [5, 5.41) is 3.18. The molecule has 1 saturated heterocycles. The Balaban J connectivity index is 1.89. The minimum Gasteiger partial charge on any atom is -0.445 e. The number of hydrogen-bond donors (Lipinski definition) is 1. The minimum atomic E-state index is -0.222. The third kappa shape index (κ3) is 3.01. The number of carbonyl (C=O) groups excluding carboxylic acids is 1. The zero-order valence-electron chi connectivity index (χ0n) is 10.9. The molecule has 0 unspecified atom stereocenters. The molecule has 0 spiro atoms. The van der Waals surface area contributed by atoms with Crippen LogP contribution in [0.15, 0.2) is 30.3 Å². The largest absolute Gasteiger partial charge is 0.445 e. The first-order valence-corrected chi connectivity index (χ1v) is 6.38. The Bertz CT molecular complexity index is 388. The van der Waals surface area contributed by atoms with Gasteiger partial charge in [0.1, 0.15) is 6.61 Å². The number of amides is 1. The number of benzene rings is 1. The van der Waals surface area contributed by atoms with Crippen LogP contribution in [0, 0.1) is 0 Å². The fraction of sp³-hybridized carbons (Fsp3) is 0.500. The molecule has 1 aliphatic heterocycles. The highest BCUT2D eigenvalue weighted by Crippen LogP contribution is 2.13. The molecule has 0 aromatic heterocycles. The normalized spacial score (nSPS) is 15.3. The maximum atomic E-state index is 12.1. The molecule has 0 saturated carbocycles. The van der Waals surface area contributed by atoms with Gasteiger partial charge >= 0.3 is 6.09 Å². The highest BCUT2D eigenvalue weighted by atomic mass is 16.6. The Morgan fingerprint density at radius 2 is 2.06 bits per heavy atom. The van der Waals surface area contributed by atoms with Crippen LogP contribution in [0.4, 0.5) is 4.79 Å². The Labute approximate surface area is 108 Å². The molecular formula is C14H20N2O2. The molecular weight excluding hydrogens is 228 g/mol. The van der Waals surface area contributed by atoms with Gasteiger partial charge in [0.25, 0.3) is 0 Å². The summed E-state index contributed by atoms with van der Waals surface area (Å²) in [6.45, 7) is 6.09. The summed E-state index contributed by atoms with van der Waals surface area (Å²) in [5.74, 6) is 0. The lowest BCUT2D eigenvalue weighted by Gasteiger charge is -2.39. The molecule has 0 bridgehead atoms. The van der Waals surface area contributed by atoms with Crippen molar-refractivity contribution in [3.63, 3.8) is 0 Å². The van der Waals surface area contributed by atoms with Crippen LogP contribution in [0.3, 0.4) is 0 Å². The summed E-state index contributed by atoms with van der Waals surface area (Å²) < 4.78 is 5.37. The van der Waals surface area contributed by atoms with E-state index in [0.717, 1.165) is 18.7 Å². The van der Waals surface area contributed by atoms with Gasteiger partial charge in [0.05, 0.1) is 6.04 Å². The molecule has 1 heterocycles. The van der Waals surface area contributed by atoms with E-state index in [-0.39, 0.29) is 18.2 Å². The van der Waals surface area contributed by atoms with Gasteiger partial charge in [0.15, 0.2) is 0 Å². The van der Waals surface area contributed by atoms with Crippen LogP contribution in [0.5, 0.6) is 0 Å². The molecule has 0 atom stereocenters. The summed E-state index contributed by atoms with van der Waals surface area (Å²) >= 11 is 0. The lowest BCUT2D eigenvalue weighted by atomic mass is 10.1. The zero-order valence-corrected chi connectivity index (χ0v) is 10.9. The van der Waals surface area contributed by atoms with Crippen molar-refractivity contribution in [2.24, 2.45) is 0 Å². The van der Waals surface area contributed by atoms with E-state index < -0.39 is 0 Å². The Kier molecular flexibility index (Phi) is 4.20. The van der Waals surface area contributed by atoms with Crippen LogP contribution < -0.4 is 5.32 Å². The zero-order chi connectivity index (χ0) is 13.0. The van der Waals surface area contributed by atoms with Crippen LogP contribution >= 0.6 is 0 Å². The molecule has 1 amide bonds. The molecule has 0 aliphatic carbocycles. The first kappa shape index (κ1) is 12.9. The molecule has 1 fully saturated rings. The predicted molar refractivity (Wildman–Crippen MR) is 70.3 cm³/mol. The summed E-state index contributed by atoms with van der Waals surface area (Å²) in [7, 11) is 0. The SMILES string of the molecule is CC(C)N(C(=O)OCc1ccccc1)C1CNC1. The predicted octanol–water partition coefficient (Wildman–Crippen LogP) is 2.01. The van der Waals surface area contributed by atoms with Gasteiger partial charge in [-0.25, -0.2) is 4.79 Å². The van der Waals surface area contributed by atoms with Crippen molar-refractivity contribution in [2.75, 3.05) is 13.1 Å². The van der Waals surface area contributed by atoms with E-state index in [1.807, 2.05) is 49.1 Å². The quantitative estimate of drug-likeness (QED) is 0.886. The maximum absolute atomic E-state index is 12.1. The van der Waals surface area contributed by atoms with Gasteiger partial charge in [0, 0.05) is 19.1 Å². The van der Waals surface area contributed by atoms with Gasteiger partial charge in [0.2, 0.25) is 0 Å². The summed E-state index contributed by atoms with van der Waals surface area (Å²) in [5.41, 5.74) is 1.02. The Hall–Kier alpha value is -1.55. The molecule has 1 aliphatic rings. The van der Waals surface area contributed by atoms with Crippen molar-refractivity contribution in [3.05, 3.63) is 35.9 Å². The maximum Gasteiger partial charge on any atom is 0.410 e. The van der Waals surface area contributed by atoms with E-state index in [2.05, 4.69) is 5.32 Å². The van der Waals surface area contributed by atoms with Crippen molar-refractivity contribution in [1.82, 2.24) is 10.2 Å². The van der Waals surface area contributed by atoms with Gasteiger partial charge in [-0.1, -0.05) is 30.3 Å².